The van der Waals surface area contributed by atoms with Crippen molar-refractivity contribution in [3.8, 4) is 28.6 Å². The molecule has 182 valence electrons. The van der Waals surface area contributed by atoms with Crippen LogP contribution in [0.15, 0.2) is 53.2 Å². The molecule has 0 unspecified atom stereocenters. The third-order valence-corrected chi connectivity index (χ3v) is 7.03. The Morgan fingerprint density at radius 2 is 1.97 bits per heavy atom. The first-order valence-corrected chi connectivity index (χ1v) is 12.3. The maximum atomic E-state index is 11.4. The number of aromatic carboxylic acids is 1. The molecule has 0 bridgehead atoms. The summed E-state index contributed by atoms with van der Waals surface area (Å²) in [6, 6.07) is 12.6. The number of aromatic nitrogens is 2. The van der Waals surface area contributed by atoms with Crippen molar-refractivity contribution in [2.24, 2.45) is 0 Å². The van der Waals surface area contributed by atoms with Crippen molar-refractivity contribution in [3.05, 3.63) is 87.3 Å². The van der Waals surface area contributed by atoms with Crippen molar-refractivity contribution in [2.45, 2.75) is 45.1 Å². The molecule has 1 saturated carbocycles. The molecule has 0 radical (unpaired) electrons. The minimum Gasteiger partial charge on any atom is -0.478 e. The number of fused-ring (bicyclic) bond motifs is 2. The first kappa shape index (κ1) is 22.6. The molecule has 1 fully saturated rings. The summed E-state index contributed by atoms with van der Waals surface area (Å²) in [4.78, 5) is 15.8. The number of halogens is 1. The monoisotopic (exact) mass is 502 g/mol. The first-order chi connectivity index (χ1) is 17.5. The Bertz CT molecular complexity index is 1470. The number of hydrogen-bond acceptors (Lipinski definition) is 6. The third-order valence-electron chi connectivity index (χ3n) is 6.71. The van der Waals surface area contributed by atoms with Gasteiger partial charge in [-0.05, 0) is 61.9 Å². The van der Waals surface area contributed by atoms with Crippen LogP contribution < -0.4 is 9.47 Å². The Morgan fingerprint density at radius 3 is 2.75 bits per heavy atom. The number of ether oxygens (including phenoxy) is 2. The number of carboxylic acid groups (broad SMARTS) is 1. The highest BCUT2D eigenvalue weighted by atomic mass is 35.5. The Kier molecular flexibility index (Phi) is 5.64. The lowest BCUT2D eigenvalue weighted by Crippen LogP contribution is -2.02. The van der Waals surface area contributed by atoms with Crippen LogP contribution in [0.2, 0.25) is 5.02 Å². The van der Waals surface area contributed by atoms with Crippen LogP contribution in [0.3, 0.4) is 0 Å². The summed E-state index contributed by atoms with van der Waals surface area (Å²) >= 11 is 6.54. The second-order valence-corrected chi connectivity index (χ2v) is 9.64. The van der Waals surface area contributed by atoms with E-state index in [-0.39, 0.29) is 12.2 Å². The minimum atomic E-state index is -0.988. The number of nitrogens with zero attached hydrogens (tertiary/aromatic N) is 2. The van der Waals surface area contributed by atoms with Crippen molar-refractivity contribution in [3.63, 3.8) is 0 Å². The van der Waals surface area contributed by atoms with E-state index in [0.717, 1.165) is 59.3 Å². The molecule has 8 heteroatoms. The van der Waals surface area contributed by atoms with Gasteiger partial charge < -0.3 is 19.1 Å². The van der Waals surface area contributed by atoms with Gasteiger partial charge in [0.15, 0.2) is 0 Å². The van der Waals surface area contributed by atoms with Gasteiger partial charge >= 0.3 is 5.97 Å². The molecule has 0 spiro atoms. The minimum absolute atomic E-state index is 0.190. The van der Waals surface area contributed by atoms with Gasteiger partial charge in [-0.3, -0.25) is 0 Å². The largest absolute Gasteiger partial charge is 0.478 e. The molecular weight excluding hydrogens is 480 g/mol. The highest BCUT2D eigenvalue weighted by molar-refractivity contribution is 6.33. The Hall–Kier alpha value is -3.84. The van der Waals surface area contributed by atoms with Crippen molar-refractivity contribution in [1.29, 1.82) is 0 Å². The fraction of sp³-hybridized carbons (Fsp3) is 0.250. The lowest BCUT2D eigenvalue weighted by Gasteiger charge is -2.12. The van der Waals surface area contributed by atoms with Gasteiger partial charge in [0.25, 0.3) is 0 Å². The number of rotatable bonds is 6. The van der Waals surface area contributed by atoms with Crippen LogP contribution in [0.1, 0.15) is 57.1 Å². The van der Waals surface area contributed by atoms with E-state index in [1.165, 1.54) is 0 Å². The molecule has 0 saturated heterocycles. The normalized spacial score (nSPS) is 14.4. The SMILES string of the molecule is Cc1cccc(Cl)c1-c1noc(C2CC2)c1COc1cc2c(cn1)Oc1cc(C(=O)O)ccc1CC2. The molecule has 3 heterocycles. The van der Waals surface area contributed by atoms with E-state index in [2.05, 4.69) is 10.1 Å². The molecule has 0 atom stereocenters. The predicted molar refractivity (Wildman–Crippen MR) is 133 cm³/mol. The smallest absolute Gasteiger partial charge is 0.335 e. The molecular formula is C28H23ClN2O5. The van der Waals surface area contributed by atoms with Gasteiger partial charge in [-0.1, -0.05) is 35.0 Å². The summed E-state index contributed by atoms with van der Waals surface area (Å²) in [6.07, 6.45) is 5.21. The van der Waals surface area contributed by atoms with Gasteiger partial charge in [0, 0.05) is 23.1 Å². The molecule has 6 rings (SSSR count). The average Bonchev–Trinajstić information content (AvgIpc) is 3.65. The Morgan fingerprint density at radius 1 is 1.14 bits per heavy atom. The fourth-order valence-electron chi connectivity index (χ4n) is 4.61. The lowest BCUT2D eigenvalue weighted by atomic mass is 10.0. The van der Waals surface area contributed by atoms with Crippen LogP contribution >= 0.6 is 11.6 Å². The van der Waals surface area contributed by atoms with Gasteiger partial charge in [-0.15, -0.1) is 0 Å². The van der Waals surface area contributed by atoms with E-state index < -0.39 is 5.97 Å². The standard InChI is InChI=1S/C28H23ClN2O5/c1-15-3-2-4-21(29)25(15)26-20(27(36-31-26)17-7-8-17)14-34-24-12-18-9-5-16-6-10-19(28(32)33)11-22(16)35-23(18)13-30-24/h2-4,6,10-13,17H,5,7-9,14H2,1H3,(H,32,33). The van der Waals surface area contributed by atoms with E-state index in [1.807, 2.05) is 31.2 Å². The fourth-order valence-corrected chi connectivity index (χ4v) is 4.92. The molecule has 2 aliphatic rings. The number of carboxylic acids is 1. The van der Waals surface area contributed by atoms with Gasteiger partial charge in [0.1, 0.15) is 29.6 Å². The zero-order valence-electron chi connectivity index (χ0n) is 19.6. The van der Waals surface area contributed by atoms with Crippen molar-refractivity contribution in [2.75, 3.05) is 0 Å². The highest BCUT2D eigenvalue weighted by Gasteiger charge is 2.33. The van der Waals surface area contributed by atoms with Gasteiger partial charge in [-0.2, -0.15) is 0 Å². The van der Waals surface area contributed by atoms with Gasteiger partial charge in [0.05, 0.1) is 22.3 Å². The van der Waals surface area contributed by atoms with Gasteiger partial charge in [0.2, 0.25) is 5.88 Å². The van der Waals surface area contributed by atoms with Crippen LogP contribution in [0.5, 0.6) is 17.4 Å². The molecule has 2 aromatic carbocycles. The molecule has 1 aliphatic heterocycles. The van der Waals surface area contributed by atoms with Crippen LogP contribution in [-0.4, -0.2) is 21.2 Å². The summed E-state index contributed by atoms with van der Waals surface area (Å²) in [7, 11) is 0. The van der Waals surface area contributed by atoms with E-state index in [9.17, 15) is 9.90 Å². The second-order valence-electron chi connectivity index (χ2n) is 9.23. The van der Waals surface area contributed by atoms with E-state index in [0.29, 0.717) is 34.0 Å². The zero-order chi connectivity index (χ0) is 24.8. The van der Waals surface area contributed by atoms with Gasteiger partial charge in [-0.25, -0.2) is 9.78 Å². The second kappa shape index (κ2) is 8.99. The molecule has 1 N–H and O–H groups in total. The van der Waals surface area contributed by atoms with Crippen molar-refractivity contribution < 1.29 is 23.9 Å². The molecule has 1 aliphatic carbocycles. The van der Waals surface area contributed by atoms with Crippen LogP contribution in [0.25, 0.3) is 11.3 Å². The quantitative estimate of drug-likeness (QED) is 0.312. The highest BCUT2D eigenvalue weighted by Crippen LogP contribution is 2.45. The zero-order valence-corrected chi connectivity index (χ0v) is 20.3. The molecule has 7 nitrogen and oxygen atoms in total. The topological polar surface area (TPSA) is 94.7 Å². The van der Waals surface area contributed by atoms with Crippen LogP contribution in [0, 0.1) is 6.92 Å². The molecule has 4 aromatic rings. The predicted octanol–water partition coefficient (Wildman–Crippen LogP) is 6.74. The van der Waals surface area contributed by atoms with E-state index >= 15 is 0 Å². The number of pyridine rings is 1. The maximum absolute atomic E-state index is 11.4. The third kappa shape index (κ3) is 4.20. The average molecular weight is 503 g/mol. The van der Waals surface area contributed by atoms with Crippen molar-refractivity contribution >= 4 is 17.6 Å². The maximum Gasteiger partial charge on any atom is 0.335 e. The summed E-state index contributed by atoms with van der Waals surface area (Å²) in [5.74, 6) is 1.84. The van der Waals surface area contributed by atoms with E-state index in [4.69, 9.17) is 25.6 Å². The number of hydrogen-bond donors (Lipinski definition) is 1. The summed E-state index contributed by atoms with van der Waals surface area (Å²) in [6.45, 7) is 2.26. The van der Waals surface area contributed by atoms with E-state index in [1.54, 1.807) is 24.4 Å². The molecule has 0 amide bonds. The summed E-state index contributed by atoms with van der Waals surface area (Å²) in [5.41, 5.74) is 5.58. The number of benzene rings is 2. The Labute approximate surface area is 212 Å². The molecule has 36 heavy (non-hydrogen) atoms. The Balaban J connectivity index is 1.27. The first-order valence-electron chi connectivity index (χ1n) is 11.9. The lowest BCUT2D eigenvalue weighted by molar-refractivity contribution is 0.0696. The molecule has 2 aromatic heterocycles. The van der Waals surface area contributed by atoms with Crippen molar-refractivity contribution in [1.82, 2.24) is 10.1 Å². The summed E-state index contributed by atoms with van der Waals surface area (Å²) < 4.78 is 18.0. The summed E-state index contributed by atoms with van der Waals surface area (Å²) in [5, 5.41) is 14.3. The van der Waals surface area contributed by atoms with Crippen LogP contribution in [0.4, 0.5) is 0 Å². The number of aryl methyl sites for hydroxylation is 3. The van der Waals surface area contributed by atoms with Crippen LogP contribution in [-0.2, 0) is 19.4 Å². The number of carbonyl (C=O) groups is 1.